The monoisotopic (exact) mass is 275 g/mol. The van der Waals surface area contributed by atoms with Crippen molar-refractivity contribution in [2.75, 3.05) is 0 Å². The summed E-state index contributed by atoms with van der Waals surface area (Å²) in [6.45, 7) is 4.61. The van der Waals surface area contributed by atoms with Crippen LogP contribution in [-0.2, 0) is 12.0 Å². The molecule has 1 heterocycles. The van der Waals surface area contributed by atoms with Gasteiger partial charge in [-0.25, -0.2) is 4.39 Å². The van der Waals surface area contributed by atoms with E-state index in [0.29, 0.717) is 24.3 Å². The average Bonchev–Trinajstić information content (AvgIpc) is 3.13. The topological polar surface area (TPSA) is 51.0 Å². The van der Waals surface area contributed by atoms with Crippen LogP contribution in [0.3, 0.4) is 0 Å². The van der Waals surface area contributed by atoms with E-state index in [0.717, 1.165) is 5.56 Å². The fourth-order valence-corrected chi connectivity index (χ4v) is 2.10. The lowest BCUT2D eigenvalue weighted by atomic mass is 9.84. The van der Waals surface area contributed by atoms with E-state index in [9.17, 15) is 4.39 Å². The molecule has 1 aromatic heterocycles. The van der Waals surface area contributed by atoms with E-state index < -0.39 is 5.41 Å². The minimum atomic E-state index is -0.408. The Morgan fingerprint density at radius 1 is 1.30 bits per heavy atom. The van der Waals surface area contributed by atoms with Crippen molar-refractivity contribution in [3.63, 3.8) is 0 Å². The largest absolute Gasteiger partial charge is 0.338 e. The molecule has 0 unspecified atom stereocenters. The standard InChI is InChI=1S/C15H18FN3O/c1-15(2,10-3-5-11(16)6-4-10)14-18-13(20-19-14)9-17-12-7-8-12/h3-6,12,17H,7-9H2,1-2H3. The maximum atomic E-state index is 13.0. The molecule has 20 heavy (non-hydrogen) atoms. The maximum absolute atomic E-state index is 13.0. The van der Waals surface area contributed by atoms with Crippen molar-refractivity contribution >= 4 is 0 Å². The summed E-state index contributed by atoms with van der Waals surface area (Å²) < 4.78 is 18.3. The first-order valence-electron chi connectivity index (χ1n) is 6.88. The second-order valence-electron chi connectivity index (χ2n) is 5.80. The second-order valence-corrected chi connectivity index (χ2v) is 5.80. The average molecular weight is 275 g/mol. The molecule has 3 rings (SSSR count). The Labute approximate surface area is 117 Å². The van der Waals surface area contributed by atoms with E-state index in [1.165, 1.54) is 25.0 Å². The molecule has 106 valence electrons. The van der Waals surface area contributed by atoms with Gasteiger partial charge in [0.05, 0.1) is 12.0 Å². The SMILES string of the molecule is CC(C)(c1ccc(F)cc1)c1noc(CNC2CC2)n1. The third-order valence-electron chi connectivity index (χ3n) is 3.71. The van der Waals surface area contributed by atoms with Crippen LogP contribution in [0.5, 0.6) is 0 Å². The first-order valence-corrected chi connectivity index (χ1v) is 6.88. The second kappa shape index (κ2) is 4.98. The van der Waals surface area contributed by atoms with Crippen LogP contribution in [0.25, 0.3) is 0 Å². The minimum Gasteiger partial charge on any atom is -0.338 e. The van der Waals surface area contributed by atoms with Gasteiger partial charge in [0.15, 0.2) is 5.82 Å². The Balaban J connectivity index is 1.77. The molecule has 4 nitrogen and oxygen atoms in total. The highest BCUT2D eigenvalue weighted by molar-refractivity contribution is 5.30. The fraction of sp³-hybridized carbons (Fsp3) is 0.467. The van der Waals surface area contributed by atoms with Crippen LogP contribution >= 0.6 is 0 Å². The molecule has 0 aliphatic heterocycles. The first-order chi connectivity index (χ1) is 9.55. The zero-order valence-electron chi connectivity index (χ0n) is 11.7. The van der Waals surface area contributed by atoms with Crippen LogP contribution < -0.4 is 5.32 Å². The number of aromatic nitrogens is 2. The highest BCUT2D eigenvalue weighted by Crippen LogP contribution is 2.29. The van der Waals surface area contributed by atoms with Crippen LogP contribution in [0.15, 0.2) is 28.8 Å². The molecule has 0 radical (unpaired) electrons. The van der Waals surface area contributed by atoms with E-state index in [-0.39, 0.29) is 5.82 Å². The van der Waals surface area contributed by atoms with Gasteiger partial charge in [0.25, 0.3) is 0 Å². The zero-order valence-corrected chi connectivity index (χ0v) is 11.7. The Hall–Kier alpha value is -1.75. The summed E-state index contributed by atoms with van der Waals surface area (Å²) >= 11 is 0. The Morgan fingerprint density at radius 3 is 2.65 bits per heavy atom. The smallest absolute Gasteiger partial charge is 0.240 e. The van der Waals surface area contributed by atoms with Crippen molar-refractivity contribution in [2.45, 2.75) is 44.7 Å². The number of benzene rings is 1. The summed E-state index contributed by atoms with van der Waals surface area (Å²) in [4.78, 5) is 4.45. The lowest BCUT2D eigenvalue weighted by Crippen LogP contribution is -2.21. The number of rotatable bonds is 5. The highest BCUT2D eigenvalue weighted by Gasteiger charge is 2.29. The number of nitrogens with one attached hydrogen (secondary N) is 1. The normalized spacial score (nSPS) is 15.6. The van der Waals surface area contributed by atoms with Crippen molar-refractivity contribution in [3.05, 3.63) is 47.4 Å². The third kappa shape index (κ3) is 2.72. The summed E-state index contributed by atoms with van der Waals surface area (Å²) in [5.74, 6) is 0.978. The summed E-state index contributed by atoms with van der Waals surface area (Å²) in [6, 6.07) is 7.02. The molecule has 5 heteroatoms. The number of halogens is 1. The van der Waals surface area contributed by atoms with Crippen LogP contribution in [0, 0.1) is 5.82 Å². The molecular formula is C15H18FN3O. The highest BCUT2D eigenvalue weighted by atomic mass is 19.1. The van der Waals surface area contributed by atoms with E-state index in [1.807, 2.05) is 13.8 Å². The van der Waals surface area contributed by atoms with Crippen LogP contribution in [0.1, 0.15) is 44.0 Å². The van der Waals surface area contributed by atoms with Gasteiger partial charge in [-0.2, -0.15) is 4.98 Å². The Kier molecular flexibility index (Phi) is 3.30. The molecule has 2 aromatic rings. The van der Waals surface area contributed by atoms with E-state index in [1.54, 1.807) is 12.1 Å². The van der Waals surface area contributed by atoms with Gasteiger partial charge in [-0.05, 0) is 44.4 Å². The fourth-order valence-electron chi connectivity index (χ4n) is 2.10. The number of hydrogen-bond donors (Lipinski definition) is 1. The van der Waals surface area contributed by atoms with Gasteiger partial charge in [-0.15, -0.1) is 0 Å². The van der Waals surface area contributed by atoms with Crippen molar-refractivity contribution in [1.82, 2.24) is 15.5 Å². The van der Waals surface area contributed by atoms with E-state index in [2.05, 4.69) is 15.5 Å². The quantitative estimate of drug-likeness (QED) is 0.911. The first kappa shape index (κ1) is 13.2. The molecule has 1 N–H and O–H groups in total. The van der Waals surface area contributed by atoms with Crippen LogP contribution in [-0.4, -0.2) is 16.2 Å². The number of hydrogen-bond acceptors (Lipinski definition) is 4. The van der Waals surface area contributed by atoms with Gasteiger partial charge >= 0.3 is 0 Å². The van der Waals surface area contributed by atoms with Crippen molar-refractivity contribution in [1.29, 1.82) is 0 Å². The molecule has 0 amide bonds. The van der Waals surface area contributed by atoms with Crippen LogP contribution in [0.4, 0.5) is 4.39 Å². The van der Waals surface area contributed by atoms with E-state index in [4.69, 9.17) is 4.52 Å². The molecule has 1 fully saturated rings. The molecular weight excluding hydrogens is 257 g/mol. The number of nitrogens with zero attached hydrogens (tertiary/aromatic N) is 2. The van der Waals surface area contributed by atoms with Gasteiger partial charge in [0, 0.05) is 6.04 Å². The maximum Gasteiger partial charge on any atom is 0.240 e. The molecule has 0 atom stereocenters. The molecule has 1 aliphatic carbocycles. The third-order valence-corrected chi connectivity index (χ3v) is 3.71. The van der Waals surface area contributed by atoms with Gasteiger partial charge in [0.1, 0.15) is 5.82 Å². The van der Waals surface area contributed by atoms with Crippen molar-refractivity contribution in [3.8, 4) is 0 Å². The summed E-state index contributed by atoms with van der Waals surface area (Å²) in [5, 5.41) is 7.40. The molecule has 1 aromatic carbocycles. The minimum absolute atomic E-state index is 0.244. The van der Waals surface area contributed by atoms with Gasteiger partial charge in [-0.1, -0.05) is 17.3 Å². The van der Waals surface area contributed by atoms with Crippen molar-refractivity contribution in [2.24, 2.45) is 0 Å². The Morgan fingerprint density at radius 2 is 2.00 bits per heavy atom. The molecule has 1 aliphatic rings. The molecule has 1 saturated carbocycles. The Bertz CT molecular complexity index is 587. The lowest BCUT2D eigenvalue weighted by Gasteiger charge is -2.20. The molecule has 0 bridgehead atoms. The predicted octanol–water partition coefficient (Wildman–Crippen LogP) is 2.79. The van der Waals surface area contributed by atoms with Gasteiger partial charge < -0.3 is 9.84 Å². The van der Waals surface area contributed by atoms with Crippen LogP contribution in [0.2, 0.25) is 0 Å². The molecule has 0 saturated heterocycles. The summed E-state index contributed by atoms with van der Waals surface area (Å²) in [7, 11) is 0. The van der Waals surface area contributed by atoms with Crippen molar-refractivity contribution < 1.29 is 8.91 Å². The van der Waals surface area contributed by atoms with Gasteiger partial charge in [0.2, 0.25) is 5.89 Å². The lowest BCUT2D eigenvalue weighted by molar-refractivity contribution is 0.356. The molecule has 0 spiro atoms. The predicted molar refractivity (Wildman–Crippen MR) is 72.7 cm³/mol. The summed E-state index contributed by atoms with van der Waals surface area (Å²) in [5.41, 5.74) is 0.552. The summed E-state index contributed by atoms with van der Waals surface area (Å²) in [6.07, 6.45) is 2.45. The van der Waals surface area contributed by atoms with E-state index >= 15 is 0 Å². The zero-order chi connectivity index (χ0) is 14.2. The van der Waals surface area contributed by atoms with Gasteiger partial charge in [-0.3, -0.25) is 0 Å².